The fourth-order valence-corrected chi connectivity index (χ4v) is 1.41. The lowest BCUT2D eigenvalue weighted by Crippen LogP contribution is -2.33. The Kier molecular flexibility index (Phi) is 4.90. The zero-order valence-electron chi connectivity index (χ0n) is 10.00. The molecule has 1 rings (SSSR count). The van der Waals surface area contributed by atoms with E-state index < -0.39 is 5.82 Å². The number of hydrogen-bond donors (Lipinski definition) is 2. The van der Waals surface area contributed by atoms with Crippen LogP contribution in [0.1, 0.15) is 23.7 Å². The van der Waals surface area contributed by atoms with Crippen molar-refractivity contribution in [3.8, 4) is 0 Å². The van der Waals surface area contributed by atoms with Gasteiger partial charge in [0.05, 0.1) is 5.56 Å². The molecule has 1 aromatic rings. The van der Waals surface area contributed by atoms with Gasteiger partial charge in [0.2, 0.25) is 0 Å². The van der Waals surface area contributed by atoms with Gasteiger partial charge in [0.25, 0.3) is 5.91 Å². The molecule has 0 radical (unpaired) electrons. The van der Waals surface area contributed by atoms with E-state index in [9.17, 15) is 9.18 Å². The summed E-state index contributed by atoms with van der Waals surface area (Å²) in [6.07, 6.45) is 0.712. The highest BCUT2D eigenvalue weighted by Crippen LogP contribution is 2.13. The smallest absolute Gasteiger partial charge is 0.253 e. The molecule has 1 atom stereocenters. The van der Waals surface area contributed by atoms with Gasteiger partial charge in [0, 0.05) is 25.4 Å². The highest BCUT2D eigenvalue weighted by molar-refractivity contribution is 5.99. The molecule has 4 nitrogen and oxygen atoms in total. The van der Waals surface area contributed by atoms with Crippen molar-refractivity contribution in [3.05, 3.63) is 29.6 Å². The summed E-state index contributed by atoms with van der Waals surface area (Å²) in [6, 6.07) is 3.70. The van der Waals surface area contributed by atoms with E-state index in [-0.39, 0.29) is 23.2 Å². The van der Waals surface area contributed by atoms with Crippen LogP contribution in [0.4, 0.5) is 10.1 Å². The molecule has 0 aliphatic heterocycles. The zero-order chi connectivity index (χ0) is 12.8. The molecule has 0 bridgehead atoms. The second-order valence-electron chi connectivity index (χ2n) is 3.89. The minimum atomic E-state index is -0.452. The molecule has 0 aliphatic carbocycles. The number of carbonyl (C=O) groups excluding carboxylic acids is 1. The fourth-order valence-electron chi connectivity index (χ4n) is 1.41. The van der Waals surface area contributed by atoms with E-state index in [1.165, 1.54) is 12.1 Å². The van der Waals surface area contributed by atoms with Crippen molar-refractivity contribution in [2.45, 2.75) is 19.4 Å². The molecular formula is C12H17FN2O2. The third-order valence-electron chi connectivity index (χ3n) is 2.39. The van der Waals surface area contributed by atoms with Crippen LogP contribution < -0.4 is 11.1 Å². The molecular weight excluding hydrogens is 223 g/mol. The first-order valence-corrected chi connectivity index (χ1v) is 5.39. The number of ether oxygens (including phenoxy) is 1. The van der Waals surface area contributed by atoms with Crippen LogP contribution in [0.2, 0.25) is 0 Å². The molecule has 0 aromatic heterocycles. The Morgan fingerprint density at radius 3 is 2.88 bits per heavy atom. The average Bonchev–Trinajstić information content (AvgIpc) is 2.26. The van der Waals surface area contributed by atoms with Crippen LogP contribution in [0.3, 0.4) is 0 Å². The first-order valence-electron chi connectivity index (χ1n) is 5.39. The zero-order valence-corrected chi connectivity index (χ0v) is 10.00. The Morgan fingerprint density at radius 2 is 2.29 bits per heavy atom. The SMILES string of the molecule is COCCC(C)NC(=O)c1ccc(F)cc1N. The maximum atomic E-state index is 12.8. The molecule has 1 unspecified atom stereocenters. The second kappa shape index (κ2) is 6.20. The summed E-state index contributed by atoms with van der Waals surface area (Å²) in [4.78, 5) is 11.8. The van der Waals surface area contributed by atoms with Crippen LogP contribution >= 0.6 is 0 Å². The molecule has 0 saturated heterocycles. The lowest BCUT2D eigenvalue weighted by Gasteiger charge is -2.14. The Hall–Kier alpha value is -1.62. The van der Waals surface area contributed by atoms with Gasteiger partial charge < -0.3 is 15.8 Å². The van der Waals surface area contributed by atoms with Crippen molar-refractivity contribution in [1.82, 2.24) is 5.32 Å². The van der Waals surface area contributed by atoms with Gasteiger partial charge in [-0.15, -0.1) is 0 Å². The lowest BCUT2D eigenvalue weighted by atomic mass is 10.1. The first kappa shape index (κ1) is 13.4. The number of methoxy groups -OCH3 is 1. The number of hydrogen-bond acceptors (Lipinski definition) is 3. The van der Waals surface area contributed by atoms with Gasteiger partial charge >= 0.3 is 0 Å². The Balaban J connectivity index is 2.63. The molecule has 0 heterocycles. The van der Waals surface area contributed by atoms with Gasteiger partial charge in [-0.25, -0.2) is 4.39 Å². The van der Waals surface area contributed by atoms with Gasteiger partial charge in [-0.2, -0.15) is 0 Å². The first-order chi connectivity index (χ1) is 8.04. The average molecular weight is 240 g/mol. The summed E-state index contributed by atoms with van der Waals surface area (Å²) in [5.74, 6) is -0.752. The van der Waals surface area contributed by atoms with Gasteiger partial charge in [-0.1, -0.05) is 0 Å². The van der Waals surface area contributed by atoms with Crippen molar-refractivity contribution in [1.29, 1.82) is 0 Å². The minimum absolute atomic E-state index is 0.0214. The molecule has 1 amide bonds. The molecule has 0 spiro atoms. The fraction of sp³-hybridized carbons (Fsp3) is 0.417. The number of anilines is 1. The normalized spacial score (nSPS) is 12.2. The highest BCUT2D eigenvalue weighted by Gasteiger charge is 2.12. The van der Waals surface area contributed by atoms with Gasteiger partial charge in [0.15, 0.2) is 0 Å². The largest absolute Gasteiger partial charge is 0.398 e. The topological polar surface area (TPSA) is 64.3 Å². The summed E-state index contributed by atoms with van der Waals surface area (Å²) < 4.78 is 17.7. The van der Waals surface area contributed by atoms with E-state index >= 15 is 0 Å². The summed E-state index contributed by atoms with van der Waals surface area (Å²) in [7, 11) is 1.60. The number of halogens is 1. The van der Waals surface area contributed by atoms with Crippen LogP contribution in [0, 0.1) is 5.82 Å². The van der Waals surface area contributed by atoms with Crippen molar-refractivity contribution in [2.75, 3.05) is 19.5 Å². The summed E-state index contributed by atoms with van der Waals surface area (Å²) in [6.45, 7) is 2.44. The number of rotatable bonds is 5. The highest BCUT2D eigenvalue weighted by atomic mass is 19.1. The van der Waals surface area contributed by atoms with Crippen LogP contribution in [0.15, 0.2) is 18.2 Å². The predicted octanol–water partition coefficient (Wildman–Crippen LogP) is 1.56. The Morgan fingerprint density at radius 1 is 1.59 bits per heavy atom. The van der Waals surface area contributed by atoms with E-state index in [4.69, 9.17) is 10.5 Å². The molecule has 0 fully saturated rings. The van der Waals surface area contributed by atoms with Crippen LogP contribution in [0.25, 0.3) is 0 Å². The van der Waals surface area contributed by atoms with E-state index in [2.05, 4.69) is 5.32 Å². The third kappa shape index (κ3) is 4.03. The molecule has 5 heteroatoms. The molecule has 1 aromatic carbocycles. The van der Waals surface area contributed by atoms with Crippen LogP contribution in [0.5, 0.6) is 0 Å². The Bertz CT molecular complexity index is 396. The van der Waals surface area contributed by atoms with Gasteiger partial charge in [0.1, 0.15) is 5.82 Å². The maximum Gasteiger partial charge on any atom is 0.253 e. The van der Waals surface area contributed by atoms with Crippen LogP contribution in [-0.2, 0) is 4.74 Å². The minimum Gasteiger partial charge on any atom is -0.398 e. The number of nitrogens with one attached hydrogen (secondary N) is 1. The van der Waals surface area contributed by atoms with E-state index in [0.29, 0.717) is 13.0 Å². The molecule has 3 N–H and O–H groups in total. The molecule has 94 valence electrons. The van der Waals surface area contributed by atoms with Gasteiger partial charge in [-0.05, 0) is 31.5 Å². The predicted molar refractivity (Wildman–Crippen MR) is 64.2 cm³/mol. The second-order valence-corrected chi connectivity index (χ2v) is 3.89. The summed E-state index contributed by atoms with van der Waals surface area (Å²) in [5.41, 5.74) is 6.00. The quantitative estimate of drug-likeness (QED) is 0.768. The number of nitrogen functional groups attached to an aromatic ring is 1. The molecule has 0 aliphatic rings. The van der Waals surface area contributed by atoms with Crippen LogP contribution in [-0.4, -0.2) is 25.7 Å². The van der Waals surface area contributed by atoms with Crippen molar-refractivity contribution in [3.63, 3.8) is 0 Å². The van der Waals surface area contributed by atoms with Gasteiger partial charge in [-0.3, -0.25) is 4.79 Å². The number of benzene rings is 1. The Labute approximate surface area is 100.0 Å². The van der Waals surface area contributed by atoms with E-state index in [0.717, 1.165) is 6.07 Å². The monoisotopic (exact) mass is 240 g/mol. The van der Waals surface area contributed by atoms with E-state index in [1.54, 1.807) is 7.11 Å². The lowest BCUT2D eigenvalue weighted by molar-refractivity contribution is 0.0930. The number of carbonyl (C=O) groups is 1. The molecule has 17 heavy (non-hydrogen) atoms. The van der Waals surface area contributed by atoms with Crippen molar-refractivity contribution < 1.29 is 13.9 Å². The van der Waals surface area contributed by atoms with Crippen molar-refractivity contribution in [2.24, 2.45) is 0 Å². The standard InChI is InChI=1S/C12H17FN2O2/c1-8(5-6-17-2)15-12(16)10-4-3-9(13)7-11(10)14/h3-4,7-8H,5-6,14H2,1-2H3,(H,15,16). The third-order valence-corrected chi connectivity index (χ3v) is 2.39. The van der Waals surface area contributed by atoms with E-state index in [1.807, 2.05) is 6.92 Å². The maximum absolute atomic E-state index is 12.8. The molecule has 0 saturated carbocycles. The van der Waals surface area contributed by atoms with Crippen molar-refractivity contribution >= 4 is 11.6 Å². The number of nitrogens with two attached hydrogens (primary N) is 1. The summed E-state index contributed by atoms with van der Waals surface area (Å²) in [5, 5.41) is 2.77. The summed E-state index contributed by atoms with van der Waals surface area (Å²) >= 11 is 0. The number of amides is 1.